The molecule has 6 heteroatoms. The molecule has 0 unspecified atom stereocenters. The van der Waals surface area contributed by atoms with Gasteiger partial charge in [0.05, 0.1) is 6.42 Å². The van der Waals surface area contributed by atoms with Crippen molar-refractivity contribution in [1.82, 2.24) is 9.38 Å². The highest BCUT2D eigenvalue weighted by Crippen LogP contribution is 2.15. The molecule has 0 saturated carbocycles. The molecule has 0 aliphatic heterocycles. The van der Waals surface area contributed by atoms with Gasteiger partial charge in [-0.25, -0.2) is 4.98 Å². The maximum Gasteiger partial charge on any atom is 0.309 e. The Labute approximate surface area is 101 Å². The van der Waals surface area contributed by atoms with Crippen LogP contribution in [0.1, 0.15) is 23.9 Å². The van der Waals surface area contributed by atoms with Crippen molar-refractivity contribution < 1.29 is 9.90 Å². The second-order valence-corrected chi connectivity index (χ2v) is 4.59. The predicted octanol–water partition coefficient (Wildman–Crippen LogP) is 1.25. The van der Waals surface area contributed by atoms with Gasteiger partial charge in [0.25, 0.3) is 5.56 Å². The molecule has 0 atom stereocenters. The third-order valence-electron chi connectivity index (χ3n) is 2.63. The van der Waals surface area contributed by atoms with E-state index in [9.17, 15) is 9.59 Å². The summed E-state index contributed by atoms with van der Waals surface area (Å²) < 4.78 is 1.41. The molecule has 0 fully saturated rings. The Morgan fingerprint density at radius 2 is 2.29 bits per heavy atom. The van der Waals surface area contributed by atoms with E-state index in [4.69, 9.17) is 5.11 Å². The highest BCUT2D eigenvalue weighted by atomic mass is 32.1. The number of thiazole rings is 1. The minimum atomic E-state index is -0.949. The van der Waals surface area contributed by atoms with Crippen LogP contribution in [0.15, 0.2) is 10.2 Å². The average molecular weight is 252 g/mol. The predicted molar refractivity (Wildman–Crippen MR) is 64.8 cm³/mol. The lowest BCUT2D eigenvalue weighted by Crippen LogP contribution is -2.22. The zero-order chi connectivity index (χ0) is 12.6. The van der Waals surface area contributed by atoms with E-state index in [1.54, 1.807) is 12.3 Å². The van der Waals surface area contributed by atoms with Crippen LogP contribution < -0.4 is 5.56 Å². The van der Waals surface area contributed by atoms with E-state index in [0.29, 0.717) is 22.6 Å². The van der Waals surface area contributed by atoms with Crippen molar-refractivity contribution in [2.24, 2.45) is 0 Å². The minimum Gasteiger partial charge on any atom is -0.481 e. The van der Waals surface area contributed by atoms with Crippen molar-refractivity contribution in [2.45, 2.75) is 26.7 Å². The number of aliphatic carboxylic acids is 1. The first-order chi connectivity index (χ1) is 8.04. The molecule has 0 aliphatic carbocycles. The Hall–Kier alpha value is -1.69. The Morgan fingerprint density at radius 1 is 1.59 bits per heavy atom. The largest absolute Gasteiger partial charge is 0.481 e. The van der Waals surface area contributed by atoms with Crippen LogP contribution in [0.2, 0.25) is 0 Å². The van der Waals surface area contributed by atoms with Gasteiger partial charge in [-0.15, -0.1) is 11.3 Å². The normalized spacial score (nSPS) is 10.9. The number of hydrogen-bond acceptors (Lipinski definition) is 4. The fraction of sp³-hybridized carbons (Fsp3) is 0.364. The van der Waals surface area contributed by atoms with Gasteiger partial charge in [0.15, 0.2) is 4.96 Å². The molecule has 2 aromatic heterocycles. The molecule has 0 saturated heterocycles. The first kappa shape index (κ1) is 11.8. The van der Waals surface area contributed by atoms with Crippen LogP contribution >= 0.6 is 11.3 Å². The minimum absolute atomic E-state index is 0.146. The fourth-order valence-electron chi connectivity index (χ4n) is 1.83. The molecule has 2 aromatic rings. The molecule has 0 aromatic carbocycles. The average Bonchev–Trinajstić information content (AvgIpc) is 2.61. The number of rotatable bonds is 3. The molecular formula is C11H12N2O3S. The Bertz CT molecular complexity index is 642. The van der Waals surface area contributed by atoms with E-state index >= 15 is 0 Å². The number of fused-ring (bicyclic) bond motifs is 1. The van der Waals surface area contributed by atoms with Crippen molar-refractivity contribution in [3.05, 3.63) is 32.7 Å². The molecular weight excluding hydrogens is 240 g/mol. The van der Waals surface area contributed by atoms with Gasteiger partial charge in [-0.1, -0.05) is 6.92 Å². The van der Waals surface area contributed by atoms with Crippen molar-refractivity contribution in [1.29, 1.82) is 0 Å². The topological polar surface area (TPSA) is 71.7 Å². The third kappa shape index (κ3) is 1.95. The van der Waals surface area contributed by atoms with Crippen LogP contribution in [0.4, 0.5) is 0 Å². The highest BCUT2D eigenvalue weighted by Gasteiger charge is 2.14. The first-order valence-electron chi connectivity index (χ1n) is 5.25. The molecule has 90 valence electrons. The maximum absolute atomic E-state index is 12.2. The Kier molecular flexibility index (Phi) is 2.97. The van der Waals surface area contributed by atoms with Gasteiger partial charge < -0.3 is 5.11 Å². The molecule has 1 N–H and O–H groups in total. The summed E-state index contributed by atoms with van der Waals surface area (Å²) in [6.45, 7) is 3.69. The second kappa shape index (κ2) is 4.29. The first-order valence-corrected chi connectivity index (χ1v) is 6.13. The van der Waals surface area contributed by atoms with E-state index < -0.39 is 5.97 Å². The zero-order valence-electron chi connectivity index (χ0n) is 9.56. The summed E-state index contributed by atoms with van der Waals surface area (Å²) in [7, 11) is 0. The lowest BCUT2D eigenvalue weighted by Gasteiger charge is -2.04. The van der Waals surface area contributed by atoms with E-state index in [2.05, 4.69) is 4.98 Å². The SMILES string of the molecule is CCc1c(C)nc2scc(CC(=O)O)n2c1=O. The molecule has 2 rings (SSSR count). The summed E-state index contributed by atoms with van der Waals surface area (Å²) in [4.78, 5) is 27.8. The van der Waals surface area contributed by atoms with Gasteiger partial charge in [0.2, 0.25) is 0 Å². The van der Waals surface area contributed by atoms with E-state index in [-0.39, 0.29) is 12.0 Å². The number of hydrogen-bond donors (Lipinski definition) is 1. The molecule has 5 nitrogen and oxygen atoms in total. The van der Waals surface area contributed by atoms with Gasteiger partial charge in [-0.2, -0.15) is 0 Å². The van der Waals surface area contributed by atoms with E-state index in [1.807, 2.05) is 6.92 Å². The van der Waals surface area contributed by atoms with Crippen LogP contribution in [0.25, 0.3) is 4.96 Å². The summed E-state index contributed by atoms with van der Waals surface area (Å²) >= 11 is 1.29. The summed E-state index contributed by atoms with van der Waals surface area (Å²) in [6.07, 6.45) is 0.441. The van der Waals surface area contributed by atoms with Crippen molar-refractivity contribution in [2.75, 3.05) is 0 Å². The molecule has 0 amide bonds. The van der Waals surface area contributed by atoms with Crippen molar-refractivity contribution in [3.63, 3.8) is 0 Å². The molecule has 0 radical (unpaired) electrons. The maximum atomic E-state index is 12.2. The number of carboxylic acid groups (broad SMARTS) is 1. The summed E-state index contributed by atoms with van der Waals surface area (Å²) in [5.74, 6) is -0.949. The van der Waals surface area contributed by atoms with Crippen LogP contribution in [0.3, 0.4) is 0 Å². The van der Waals surface area contributed by atoms with Gasteiger partial charge in [0, 0.05) is 22.3 Å². The van der Waals surface area contributed by atoms with E-state index in [1.165, 1.54) is 15.7 Å². The van der Waals surface area contributed by atoms with Crippen LogP contribution in [-0.4, -0.2) is 20.5 Å². The second-order valence-electron chi connectivity index (χ2n) is 3.75. The van der Waals surface area contributed by atoms with Gasteiger partial charge in [-0.05, 0) is 13.3 Å². The van der Waals surface area contributed by atoms with Gasteiger partial charge in [0.1, 0.15) is 0 Å². The lowest BCUT2D eigenvalue weighted by molar-refractivity contribution is -0.136. The standard InChI is InChI=1S/C11H12N2O3S/c1-3-8-6(2)12-11-13(10(8)16)7(5-17-11)4-9(14)15/h5H,3-4H2,1-2H3,(H,14,15). The Balaban J connectivity index is 2.75. The summed E-state index contributed by atoms with van der Waals surface area (Å²) in [5.41, 5.74) is 1.71. The number of carbonyl (C=O) groups is 1. The molecule has 0 bridgehead atoms. The summed E-state index contributed by atoms with van der Waals surface area (Å²) in [5, 5.41) is 10.5. The molecule has 0 spiro atoms. The third-order valence-corrected chi connectivity index (χ3v) is 3.50. The quantitative estimate of drug-likeness (QED) is 0.892. The van der Waals surface area contributed by atoms with E-state index in [0.717, 1.165) is 5.69 Å². The molecule has 17 heavy (non-hydrogen) atoms. The number of aromatic nitrogens is 2. The Morgan fingerprint density at radius 3 is 2.88 bits per heavy atom. The van der Waals surface area contributed by atoms with Crippen molar-refractivity contribution >= 4 is 22.3 Å². The number of aryl methyl sites for hydroxylation is 1. The fourth-order valence-corrected chi connectivity index (χ4v) is 2.75. The van der Waals surface area contributed by atoms with Crippen LogP contribution in [0.5, 0.6) is 0 Å². The van der Waals surface area contributed by atoms with Crippen LogP contribution in [-0.2, 0) is 17.6 Å². The monoisotopic (exact) mass is 252 g/mol. The van der Waals surface area contributed by atoms with Crippen molar-refractivity contribution in [3.8, 4) is 0 Å². The number of nitrogens with zero attached hydrogens (tertiary/aromatic N) is 2. The number of carboxylic acids is 1. The highest BCUT2D eigenvalue weighted by molar-refractivity contribution is 7.15. The smallest absolute Gasteiger partial charge is 0.309 e. The zero-order valence-corrected chi connectivity index (χ0v) is 10.4. The lowest BCUT2D eigenvalue weighted by atomic mass is 10.2. The molecule has 2 heterocycles. The van der Waals surface area contributed by atoms with Crippen LogP contribution in [0, 0.1) is 6.92 Å². The van der Waals surface area contributed by atoms with Gasteiger partial charge >= 0.3 is 5.97 Å². The van der Waals surface area contributed by atoms with Gasteiger partial charge in [-0.3, -0.25) is 14.0 Å². The summed E-state index contributed by atoms with van der Waals surface area (Å²) in [6, 6.07) is 0. The molecule has 0 aliphatic rings.